The molecular weight excluding hydrogens is 196 g/mol. The van der Waals surface area contributed by atoms with E-state index in [1.54, 1.807) is 11.8 Å². The summed E-state index contributed by atoms with van der Waals surface area (Å²) >= 11 is 1.74. The fourth-order valence-corrected chi connectivity index (χ4v) is 2.01. The lowest BCUT2D eigenvalue weighted by molar-refractivity contribution is 0.287. The lowest BCUT2D eigenvalue weighted by Gasteiger charge is -2.04. The molecule has 14 heavy (non-hydrogen) atoms. The molecule has 0 aliphatic carbocycles. The molecule has 0 atom stereocenters. The second kappa shape index (κ2) is 5.78. The number of thioether (sulfide) groups is 1. The number of nitrogen functional groups attached to an aromatic ring is 2. The van der Waals surface area contributed by atoms with Crippen molar-refractivity contribution >= 4 is 23.1 Å². The predicted octanol–water partition coefficient (Wildman–Crippen LogP) is 1.72. The van der Waals surface area contributed by atoms with E-state index in [-0.39, 0.29) is 6.61 Å². The number of aliphatic hydroxyl groups excluding tert-OH is 1. The van der Waals surface area contributed by atoms with Crippen LogP contribution in [0.15, 0.2) is 23.1 Å². The van der Waals surface area contributed by atoms with Crippen LogP contribution in [-0.4, -0.2) is 17.5 Å². The number of hydrogen-bond donors (Lipinski definition) is 3. The van der Waals surface area contributed by atoms with Crippen molar-refractivity contribution in [1.29, 1.82) is 0 Å². The topological polar surface area (TPSA) is 72.3 Å². The van der Waals surface area contributed by atoms with Crippen molar-refractivity contribution in [2.24, 2.45) is 0 Å². The predicted molar refractivity (Wildman–Crippen MR) is 62.3 cm³/mol. The lowest BCUT2D eigenvalue weighted by atomic mass is 10.3. The van der Waals surface area contributed by atoms with E-state index in [1.807, 2.05) is 18.2 Å². The van der Waals surface area contributed by atoms with Gasteiger partial charge in [-0.1, -0.05) is 0 Å². The van der Waals surface area contributed by atoms with E-state index >= 15 is 0 Å². The SMILES string of the molecule is Nc1ccc(SCCCCO)cc1N. The molecule has 0 amide bonds. The first-order valence-electron chi connectivity index (χ1n) is 4.62. The molecule has 0 bridgehead atoms. The largest absolute Gasteiger partial charge is 0.397 e. The zero-order chi connectivity index (χ0) is 10.4. The van der Waals surface area contributed by atoms with E-state index in [0.717, 1.165) is 23.5 Å². The van der Waals surface area contributed by atoms with Crippen LogP contribution in [-0.2, 0) is 0 Å². The number of aliphatic hydroxyl groups is 1. The first-order valence-corrected chi connectivity index (χ1v) is 5.61. The molecule has 1 aromatic rings. The molecule has 0 aromatic heterocycles. The van der Waals surface area contributed by atoms with E-state index < -0.39 is 0 Å². The third-order valence-electron chi connectivity index (χ3n) is 1.88. The van der Waals surface area contributed by atoms with E-state index in [9.17, 15) is 0 Å². The molecular formula is C10H16N2OS. The van der Waals surface area contributed by atoms with Gasteiger partial charge in [0, 0.05) is 11.5 Å². The second-order valence-corrected chi connectivity index (χ2v) is 4.24. The van der Waals surface area contributed by atoms with Crippen molar-refractivity contribution < 1.29 is 5.11 Å². The molecule has 0 spiro atoms. The molecule has 0 fully saturated rings. The number of unbranched alkanes of at least 4 members (excludes halogenated alkanes) is 1. The van der Waals surface area contributed by atoms with Gasteiger partial charge in [0.1, 0.15) is 0 Å². The maximum absolute atomic E-state index is 8.60. The minimum absolute atomic E-state index is 0.268. The smallest absolute Gasteiger partial charge is 0.0559 e. The van der Waals surface area contributed by atoms with Crippen LogP contribution in [0.5, 0.6) is 0 Å². The Morgan fingerprint density at radius 3 is 2.57 bits per heavy atom. The van der Waals surface area contributed by atoms with E-state index in [1.165, 1.54) is 0 Å². The Balaban J connectivity index is 2.39. The number of nitrogens with two attached hydrogens (primary N) is 2. The first kappa shape index (κ1) is 11.2. The van der Waals surface area contributed by atoms with Crippen LogP contribution >= 0.6 is 11.8 Å². The molecule has 4 heteroatoms. The molecule has 0 unspecified atom stereocenters. The van der Waals surface area contributed by atoms with Gasteiger partial charge in [-0.05, 0) is 36.8 Å². The summed E-state index contributed by atoms with van der Waals surface area (Å²) in [7, 11) is 0. The summed E-state index contributed by atoms with van der Waals surface area (Å²) < 4.78 is 0. The molecule has 78 valence electrons. The summed E-state index contributed by atoms with van der Waals surface area (Å²) in [6, 6.07) is 5.68. The van der Waals surface area contributed by atoms with Crippen molar-refractivity contribution in [3.8, 4) is 0 Å². The molecule has 0 aliphatic rings. The molecule has 0 aliphatic heterocycles. The van der Waals surface area contributed by atoms with Crippen LogP contribution < -0.4 is 11.5 Å². The van der Waals surface area contributed by atoms with Crippen LogP contribution in [0.1, 0.15) is 12.8 Å². The van der Waals surface area contributed by atoms with Gasteiger partial charge >= 0.3 is 0 Å². The minimum Gasteiger partial charge on any atom is -0.397 e. The average Bonchev–Trinajstić information content (AvgIpc) is 2.18. The highest BCUT2D eigenvalue weighted by Gasteiger charge is 1.97. The zero-order valence-corrected chi connectivity index (χ0v) is 8.89. The molecule has 0 saturated carbocycles. The van der Waals surface area contributed by atoms with Crippen LogP contribution in [0.2, 0.25) is 0 Å². The molecule has 1 aromatic carbocycles. The fourth-order valence-electron chi connectivity index (χ4n) is 1.05. The minimum atomic E-state index is 0.268. The Labute approximate surface area is 88.5 Å². The van der Waals surface area contributed by atoms with Gasteiger partial charge in [-0.3, -0.25) is 0 Å². The normalized spacial score (nSPS) is 10.4. The lowest BCUT2D eigenvalue weighted by Crippen LogP contribution is -1.94. The monoisotopic (exact) mass is 212 g/mol. The first-order chi connectivity index (χ1) is 6.74. The van der Waals surface area contributed by atoms with Gasteiger partial charge in [0.05, 0.1) is 11.4 Å². The zero-order valence-electron chi connectivity index (χ0n) is 8.07. The van der Waals surface area contributed by atoms with Crippen LogP contribution in [0, 0.1) is 0 Å². The quantitative estimate of drug-likeness (QED) is 0.395. The van der Waals surface area contributed by atoms with E-state index in [2.05, 4.69) is 0 Å². The van der Waals surface area contributed by atoms with Crippen LogP contribution in [0.4, 0.5) is 11.4 Å². The number of rotatable bonds is 5. The molecule has 0 saturated heterocycles. The second-order valence-electron chi connectivity index (χ2n) is 3.07. The third-order valence-corrected chi connectivity index (χ3v) is 2.96. The fraction of sp³-hybridized carbons (Fsp3) is 0.400. The van der Waals surface area contributed by atoms with Gasteiger partial charge in [-0.25, -0.2) is 0 Å². The van der Waals surface area contributed by atoms with Crippen molar-refractivity contribution in [1.82, 2.24) is 0 Å². The molecule has 0 radical (unpaired) electrons. The summed E-state index contributed by atoms with van der Waals surface area (Å²) in [5.41, 5.74) is 12.5. The Hall–Kier alpha value is -0.870. The highest BCUT2D eigenvalue weighted by atomic mass is 32.2. The maximum atomic E-state index is 8.60. The highest BCUT2D eigenvalue weighted by Crippen LogP contribution is 2.24. The molecule has 3 nitrogen and oxygen atoms in total. The summed E-state index contributed by atoms with van der Waals surface area (Å²) in [6.07, 6.45) is 1.88. The van der Waals surface area contributed by atoms with Gasteiger partial charge in [-0.2, -0.15) is 0 Å². The van der Waals surface area contributed by atoms with Crippen LogP contribution in [0.25, 0.3) is 0 Å². The van der Waals surface area contributed by atoms with Crippen molar-refractivity contribution in [3.63, 3.8) is 0 Å². The number of benzene rings is 1. The number of anilines is 2. The number of hydrogen-bond acceptors (Lipinski definition) is 4. The Kier molecular flexibility index (Phi) is 4.62. The van der Waals surface area contributed by atoms with Gasteiger partial charge in [0.25, 0.3) is 0 Å². The Morgan fingerprint density at radius 1 is 1.14 bits per heavy atom. The van der Waals surface area contributed by atoms with Crippen LogP contribution in [0.3, 0.4) is 0 Å². The Bertz CT molecular complexity index is 291. The van der Waals surface area contributed by atoms with E-state index in [4.69, 9.17) is 16.6 Å². The van der Waals surface area contributed by atoms with Gasteiger partial charge in [0.15, 0.2) is 0 Å². The third kappa shape index (κ3) is 3.47. The van der Waals surface area contributed by atoms with Gasteiger partial charge in [-0.15, -0.1) is 11.8 Å². The Morgan fingerprint density at radius 2 is 1.93 bits per heavy atom. The molecule has 0 heterocycles. The summed E-state index contributed by atoms with van der Waals surface area (Å²) in [6.45, 7) is 0.268. The summed E-state index contributed by atoms with van der Waals surface area (Å²) in [4.78, 5) is 1.13. The standard InChI is InChI=1S/C10H16N2OS/c11-9-4-3-8(7-10(9)12)14-6-2-1-5-13/h3-4,7,13H,1-2,5-6,11-12H2. The summed E-state index contributed by atoms with van der Waals surface area (Å²) in [5.74, 6) is 1.00. The van der Waals surface area contributed by atoms with Crippen molar-refractivity contribution in [2.75, 3.05) is 23.8 Å². The van der Waals surface area contributed by atoms with Crippen molar-refractivity contribution in [2.45, 2.75) is 17.7 Å². The van der Waals surface area contributed by atoms with E-state index in [0.29, 0.717) is 11.4 Å². The molecule has 5 N–H and O–H groups in total. The van der Waals surface area contributed by atoms with Gasteiger partial charge < -0.3 is 16.6 Å². The highest BCUT2D eigenvalue weighted by molar-refractivity contribution is 7.99. The average molecular weight is 212 g/mol. The summed E-state index contributed by atoms with van der Waals surface area (Å²) in [5, 5.41) is 8.60. The molecule has 1 rings (SSSR count). The van der Waals surface area contributed by atoms with Gasteiger partial charge in [0.2, 0.25) is 0 Å². The maximum Gasteiger partial charge on any atom is 0.0559 e. The van der Waals surface area contributed by atoms with Crippen molar-refractivity contribution in [3.05, 3.63) is 18.2 Å².